The first-order valence-electron chi connectivity index (χ1n) is 8.23. The Morgan fingerprint density at radius 2 is 1.84 bits per heavy atom. The van der Waals surface area contributed by atoms with E-state index in [1.807, 2.05) is 7.05 Å². The average molecular weight is 343 g/mol. The van der Waals surface area contributed by atoms with Crippen molar-refractivity contribution < 1.29 is 24.8 Å². The fraction of sp³-hybridized carbons (Fsp3) is 0.368. The van der Waals surface area contributed by atoms with Gasteiger partial charge < -0.3 is 24.8 Å². The first-order valence-corrected chi connectivity index (χ1v) is 8.23. The quantitative estimate of drug-likeness (QED) is 0.727. The molecule has 0 radical (unpaired) electrons. The van der Waals surface area contributed by atoms with Gasteiger partial charge in [-0.05, 0) is 48.7 Å². The summed E-state index contributed by atoms with van der Waals surface area (Å²) in [5, 5.41) is 31.1. The molecular weight excluding hydrogens is 322 g/mol. The predicted octanol–water partition coefficient (Wildman–Crippen LogP) is 2.57. The molecule has 132 valence electrons. The van der Waals surface area contributed by atoms with Crippen molar-refractivity contribution in [1.29, 1.82) is 0 Å². The zero-order valence-electron chi connectivity index (χ0n) is 14.5. The lowest BCUT2D eigenvalue weighted by Gasteiger charge is -2.40. The van der Waals surface area contributed by atoms with Gasteiger partial charge in [-0.2, -0.15) is 0 Å². The maximum Gasteiger partial charge on any atom is 0.201 e. The Labute approximate surface area is 145 Å². The molecule has 1 atom stereocenters. The van der Waals surface area contributed by atoms with Crippen molar-refractivity contribution in [3.63, 3.8) is 0 Å². The normalized spacial score (nSPS) is 18.4. The number of methoxy groups -OCH3 is 2. The Balaban J connectivity index is 2.11. The maximum absolute atomic E-state index is 10.5. The molecule has 4 rings (SSSR count). The molecule has 0 bridgehead atoms. The van der Waals surface area contributed by atoms with Gasteiger partial charge >= 0.3 is 0 Å². The molecule has 2 aliphatic rings. The number of phenolic OH excluding ortho intramolecular Hbond substituents is 3. The summed E-state index contributed by atoms with van der Waals surface area (Å²) in [4.78, 5) is 2.23. The summed E-state index contributed by atoms with van der Waals surface area (Å²) >= 11 is 0. The van der Waals surface area contributed by atoms with E-state index in [0.29, 0.717) is 18.6 Å². The summed E-state index contributed by atoms with van der Waals surface area (Å²) in [5.41, 5.74) is 4.34. The molecule has 2 aromatic rings. The van der Waals surface area contributed by atoms with Crippen molar-refractivity contribution >= 4 is 0 Å². The van der Waals surface area contributed by atoms with Gasteiger partial charge in [-0.1, -0.05) is 0 Å². The van der Waals surface area contributed by atoms with Crippen molar-refractivity contribution in [2.45, 2.75) is 18.9 Å². The predicted molar refractivity (Wildman–Crippen MR) is 92.8 cm³/mol. The fourth-order valence-electron chi connectivity index (χ4n) is 4.16. The highest BCUT2D eigenvalue weighted by Gasteiger charge is 2.38. The average Bonchev–Trinajstić information content (AvgIpc) is 2.60. The number of ether oxygens (including phenoxy) is 2. The third-order valence-corrected chi connectivity index (χ3v) is 5.42. The summed E-state index contributed by atoms with van der Waals surface area (Å²) in [6.45, 7) is 0.786. The summed E-state index contributed by atoms with van der Waals surface area (Å²) in [6, 6.07) is 3.53. The monoisotopic (exact) mass is 343 g/mol. The van der Waals surface area contributed by atoms with E-state index < -0.39 is 0 Å². The van der Waals surface area contributed by atoms with E-state index in [2.05, 4.69) is 4.90 Å². The third-order valence-electron chi connectivity index (χ3n) is 5.42. The molecule has 1 unspecified atom stereocenters. The van der Waals surface area contributed by atoms with Crippen molar-refractivity contribution in [2.75, 3.05) is 27.8 Å². The Kier molecular flexibility index (Phi) is 3.47. The third kappa shape index (κ3) is 2.07. The summed E-state index contributed by atoms with van der Waals surface area (Å²) in [6.07, 6.45) is 1.36. The van der Waals surface area contributed by atoms with Crippen LogP contribution in [0.5, 0.6) is 28.7 Å². The van der Waals surface area contributed by atoms with Crippen LogP contribution in [-0.2, 0) is 12.8 Å². The van der Waals surface area contributed by atoms with Crippen LogP contribution in [0.3, 0.4) is 0 Å². The van der Waals surface area contributed by atoms with Crippen molar-refractivity contribution in [3.8, 4) is 39.9 Å². The van der Waals surface area contributed by atoms with Crippen LogP contribution >= 0.6 is 0 Å². The molecule has 0 saturated carbocycles. The topological polar surface area (TPSA) is 82.4 Å². The zero-order valence-corrected chi connectivity index (χ0v) is 14.5. The van der Waals surface area contributed by atoms with Crippen LogP contribution in [0.25, 0.3) is 11.1 Å². The van der Waals surface area contributed by atoms with E-state index >= 15 is 0 Å². The van der Waals surface area contributed by atoms with Crippen LogP contribution in [-0.4, -0.2) is 48.0 Å². The molecule has 2 aromatic carbocycles. The Morgan fingerprint density at radius 3 is 2.52 bits per heavy atom. The lowest BCUT2D eigenvalue weighted by atomic mass is 9.76. The number of aromatic hydroxyl groups is 3. The number of hydrogen-bond acceptors (Lipinski definition) is 6. The molecule has 0 spiro atoms. The number of fused-ring (bicyclic) bond motifs is 2. The number of benzene rings is 2. The Bertz CT molecular complexity index is 877. The van der Waals surface area contributed by atoms with E-state index in [9.17, 15) is 15.3 Å². The van der Waals surface area contributed by atoms with Crippen molar-refractivity contribution in [2.24, 2.45) is 0 Å². The van der Waals surface area contributed by atoms with Gasteiger partial charge in [-0.25, -0.2) is 0 Å². The van der Waals surface area contributed by atoms with Crippen LogP contribution in [0.4, 0.5) is 0 Å². The zero-order chi connectivity index (χ0) is 17.9. The van der Waals surface area contributed by atoms with Gasteiger partial charge in [0.1, 0.15) is 0 Å². The molecule has 6 nitrogen and oxygen atoms in total. The molecule has 0 amide bonds. The molecule has 1 aliphatic heterocycles. The SMILES string of the molecule is COc1cc2c(cc1O)CC1c3c(c(O)c(O)c(OC)c3-2)CCN1C. The van der Waals surface area contributed by atoms with Gasteiger partial charge in [0.2, 0.25) is 5.75 Å². The Morgan fingerprint density at radius 1 is 1.08 bits per heavy atom. The molecule has 0 fully saturated rings. The molecule has 0 aromatic heterocycles. The molecule has 1 aliphatic carbocycles. The van der Waals surface area contributed by atoms with Gasteiger partial charge in [-0.3, -0.25) is 4.90 Å². The van der Waals surface area contributed by atoms with Crippen LogP contribution in [0, 0.1) is 0 Å². The highest BCUT2D eigenvalue weighted by Crippen LogP contribution is 2.56. The molecule has 3 N–H and O–H groups in total. The summed E-state index contributed by atoms with van der Waals surface area (Å²) in [5.74, 6) is 0.377. The van der Waals surface area contributed by atoms with E-state index in [-0.39, 0.29) is 29.0 Å². The molecule has 6 heteroatoms. The molecule has 25 heavy (non-hydrogen) atoms. The first kappa shape index (κ1) is 15.9. The lowest BCUT2D eigenvalue weighted by Crippen LogP contribution is -2.35. The van der Waals surface area contributed by atoms with Gasteiger partial charge in [0.05, 0.1) is 14.2 Å². The number of nitrogens with zero attached hydrogens (tertiary/aromatic N) is 1. The highest BCUT2D eigenvalue weighted by molar-refractivity contribution is 5.86. The second-order valence-electron chi connectivity index (χ2n) is 6.63. The minimum Gasteiger partial charge on any atom is -0.504 e. The summed E-state index contributed by atoms with van der Waals surface area (Å²) < 4.78 is 10.7. The maximum atomic E-state index is 10.5. The van der Waals surface area contributed by atoms with Gasteiger partial charge in [0.25, 0.3) is 0 Å². The van der Waals surface area contributed by atoms with Crippen molar-refractivity contribution in [3.05, 3.63) is 28.8 Å². The minimum absolute atomic E-state index is 0.0550. The lowest BCUT2D eigenvalue weighted by molar-refractivity contribution is 0.223. The van der Waals surface area contributed by atoms with Crippen LogP contribution < -0.4 is 9.47 Å². The Hall–Kier alpha value is -2.60. The second-order valence-corrected chi connectivity index (χ2v) is 6.63. The highest BCUT2D eigenvalue weighted by atomic mass is 16.5. The minimum atomic E-state index is -0.237. The van der Waals surface area contributed by atoms with E-state index in [0.717, 1.165) is 34.4 Å². The van der Waals surface area contributed by atoms with Crippen molar-refractivity contribution in [1.82, 2.24) is 4.90 Å². The molecule has 0 saturated heterocycles. The van der Waals surface area contributed by atoms with Gasteiger partial charge in [0.15, 0.2) is 23.0 Å². The number of phenols is 3. The van der Waals surface area contributed by atoms with Crippen LogP contribution in [0.15, 0.2) is 12.1 Å². The van der Waals surface area contributed by atoms with Gasteiger partial charge in [0, 0.05) is 23.7 Å². The number of hydrogen-bond donors (Lipinski definition) is 3. The molecular formula is C19H21NO5. The van der Waals surface area contributed by atoms with E-state index in [1.54, 1.807) is 12.1 Å². The van der Waals surface area contributed by atoms with Crippen LogP contribution in [0.1, 0.15) is 22.7 Å². The summed E-state index contributed by atoms with van der Waals surface area (Å²) in [7, 11) is 5.02. The smallest absolute Gasteiger partial charge is 0.201 e. The largest absolute Gasteiger partial charge is 0.504 e. The fourth-order valence-corrected chi connectivity index (χ4v) is 4.16. The van der Waals surface area contributed by atoms with Gasteiger partial charge in [-0.15, -0.1) is 0 Å². The van der Waals surface area contributed by atoms with E-state index in [4.69, 9.17) is 9.47 Å². The number of rotatable bonds is 2. The standard InChI is InChI=1S/C19H21NO5/c1-20-5-4-10-15-12(20)6-9-7-13(21)14(24-2)8-11(9)16(15)19(25-3)18(23)17(10)22/h7-8,12,21-23H,4-6H2,1-3H3. The number of likely N-dealkylation sites (N-methyl/N-ethyl adjacent to an activating group) is 1. The second kappa shape index (κ2) is 5.46. The first-order chi connectivity index (χ1) is 12.0. The van der Waals surface area contributed by atoms with E-state index in [1.165, 1.54) is 14.2 Å². The molecule has 1 heterocycles. The van der Waals surface area contributed by atoms with Crippen LogP contribution in [0.2, 0.25) is 0 Å².